The van der Waals surface area contributed by atoms with Gasteiger partial charge in [-0.25, -0.2) is 19.2 Å². The van der Waals surface area contributed by atoms with Gasteiger partial charge >= 0.3 is 5.97 Å². The molecule has 0 bridgehead atoms. The van der Waals surface area contributed by atoms with Crippen LogP contribution in [0.3, 0.4) is 0 Å². The van der Waals surface area contributed by atoms with E-state index < -0.39 is 11.8 Å². The third-order valence-electron chi connectivity index (χ3n) is 7.85. The van der Waals surface area contributed by atoms with E-state index in [9.17, 15) is 14.3 Å². The predicted octanol–water partition coefficient (Wildman–Crippen LogP) is 3.79. The Hall–Kier alpha value is -4.60. The van der Waals surface area contributed by atoms with Crippen molar-refractivity contribution < 1.29 is 23.8 Å². The number of nitriles is 1. The Labute approximate surface area is 241 Å². The molecular weight excluding hydrogens is 541 g/mol. The van der Waals surface area contributed by atoms with Crippen molar-refractivity contribution >= 4 is 23.0 Å². The molecule has 12 heteroatoms. The Morgan fingerprint density at radius 3 is 2.67 bits per heavy atom. The minimum Gasteiger partial charge on any atom is -0.477 e. The number of anilines is 1. The zero-order valence-electron chi connectivity index (χ0n) is 23.1. The van der Waals surface area contributed by atoms with Gasteiger partial charge in [-0.15, -0.1) is 0 Å². The number of benzene rings is 1. The van der Waals surface area contributed by atoms with Gasteiger partial charge in [0.15, 0.2) is 11.3 Å². The van der Waals surface area contributed by atoms with Crippen molar-refractivity contribution in [3.63, 3.8) is 0 Å². The molecule has 42 heavy (non-hydrogen) atoms. The fourth-order valence-corrected chi connectivity index (χ4v) is 5.32. The fourth-order valence-electron chi connectivity index (χ4n) is 5.32. The molecule has 0 radical (unpaired) electrons. The van der Waals surface area contributed by atoms with Crippen molar-refractivity contribution in [2.24, 2.45) is 0 Å². The maximum absolute atomic E-state index is 14.2. The Balaban J connectivity index is 1.13. The van der Waals surface area contributed by atoms with Crippen LogP contribution in [0.25, 0.3) is 11.2 Å². The third kappa shape index (κ3) is 5.61. The van der Waals surface area contributed by atoms with Gasteiger partial charge in [-0.2, -0.15) is 10.2 Å². The summed E-state index contributed by atoms with van der Waals surface area (Å²) in [5.74, 6) is 0.460. The Bertz CT molecular complexity index is 1660. The van der Waals surface area contributed by atoms with E-state index in [1.165, 1.54) is 12.1 Å². The number of rotatable bonds is 9. The zero-order valence-corrected chi connectivity index (χ0v) is 23.1. The topological polar surface area (TPSA) is 130 Å². The lowest BCUT2D eigenvalue weighted by Crippen LogP contribution is -2.48. The monoisotopic (exact) mass is 571 g/mol. The molecule has 2 fully saturated rings. The molecule has 1 aromatic carbocycles. The first-order valence-corrected chi connectivity index (χ1v) is 13.9. The van der Waals surface area contributed by atoms with Gasteiger partial charge < -0.3 is 24.0 Å². The molecular formula is C30H30FN7O4. The minimum atomic E-state index is -1.07. The molecule has 0 amide bonds. The molecule has 2 atom stereocenters. The second-order valence-electron chi connectivity index (χ2n) is 10.4. The Morgan fingerprint density at radius 1 is 1.17 bits per heavy atom. The van der Waals surface area contributed by atoms with Gasteiger partial charge in [0.25, 0.3) is 0 Å². The van der Waals surface area contributed by atoms with Gasteiger partial charge in [0.1, 0.15) is 29.6 Å². The minimum absolute atomic E-state index is 0.00765. The molecule has 0 spiro atoms. The average molecular weight is 572 g/mol. The molecule has 4 aromatic rings. The van der Waals surface area contributed by atoms with Crippen LogP contribution in [0.2, 0.25) is 0 Å². The summed E-state index contributed by atoms with van der Waals surface area (Å²) >= 11 is 0. The van der Waals surface area contributed by atoms with Crippen molar-refractivity contribution in [2.75, 3.05) is 37.7 Å². The van der Waals surface area contributed by atoms with E-state index in [0.29, 0.717) is 29.2 Å². The number of nitrogens with zero attached hydrogens (tertiary/aromatic N) is 7. The first-order valence-electron chi connectivity index (χ1n) is 13.9. The molecule has 216 valence electrons. The highest BCUT2D eigenvalue weighted by molar-refractivity contribution is 5.88. The number of carboxylic acids is 1. The number of carbonyl (C=O) groups is 1. The number of fused-ring (bicyclic) bond motifs is 1. The summed E-state index contributed by atoms with van der Waals surface area (Å²) in [7, 11) is 0. The molecule has 1 N–H and O–H groups in total. The highest BCUT2D eigenvalue weighted by Crippen LogP contribution is 2.28. The van der Waals surface area contributed by atoms with Gasteiger partial charge in [0, 0.05) is 44.4 Å². The average Bonchev–Trinajstić information content (AvgIpc) is 3.35. The number of carboxylic acid groups (broad SMARTS) is 1. The van der Waals surface area contributed by atoms with E-state index in [1.54, 1.807) is 24.3 Å². The normalized spacial score (nSPS) is 17.9. The van der Waals surface area contributed by atoms with Crippen LogP contribution in [0.15, 0.2) is 48.5 Å². The molecule has 6 rings (SSSR count). The number of imidazole rings is 1. The maximum Gasteiger partial charge on any atom is 0.354 e. The number of hydrogen-bond acceptors (Lipinski definition) is 9. The molecule has 11 nitrogen and oxygen atoms in total. The van der Waals surface area contributed by atoms with Crippen LogP contribution in [-0.4, -0.2) is 74.4 Å². The molecule has 2 aliphatic rings. The largest absolute Gasteiger partial charge is 0.477 e. The number of hydrogen-bond donors (Lipinski definition) is 1. The molecule has 5 heterocycles. The number of ether oxygens (including phenoxy) is 2. The van der Waals surface area contributed by atoms with Crippen molar-refractivity contribution in [1.29, 1.82) is 5.26 Å². The van der Waals surface area contributed by atoms with E-state index in [0.717, 1.165) is 50.8 Å². The van der Waals surface area contributed by atoms with Gasteiger partial charge in [0.2, 0.25) is 5.88 Å². The molecule has 2 aliphatic heterocycles. The zero-order chi connectivity index (χ0) is 29.2. The van der Waals surface area contributed by atoms with Crippen molar-refractivity contribution in [2.45, 2.75) is 38.6 Å². The fraction of sp³-hybridized carbons (Fsp3) is 0.367. The second-order valence-corrected chi connectivity index (χ2v) is 10.4. The number of aromatic nitrogens is 4. The predicted molar refractivity (Wildman–Crippen MR) is 151 cm³/mol. The third-order valence-corrected chi connectivity index (χ3v) is 7.85. The molecule has 1 unspecified atom stereocenters. The van der Waals surface area contributed by atoms with Gasteiger partial charge in [-0.3, -0.25) is 4.90 Å². The summed E-state index contributed by atoms with van der Waals surface area (Å²) in [6.07, 6.45) is 1.01. The van der Waals surface area contributed by atoms with Crippen molar-refractivity contribution in [1.82, 2.24) is 24.4 Å². The van der Waals surface area contributed by atoms with Crippen LogP contribution in [0.4, 0.5) is 10.2 Å². The molecule has 0 aliphatic carbocycles. The first kappa shape index (κ1) is 27.6. The lowest BCUT2D eigenvalue weighted by molar-refractivity contribution is -0.0594. The van der Waals surface area contributed by atoms with Gasteiger partial charge in [0.05, 0.1) is 30.3 Å². The standard InChI is InChI=1S/C30H30FN7O4/c1-19(28-33-24-7-8-25(30(39)40)34-29(24)38(28)17-22-9-14-41-22)36-10-12-37(13-11-36)26-3-2-4-27(35-26)42-18-21-6-5-20(16-32)15-23(21)31/h2-8,15,19,22H,9-14,17-18H2,1H3,(H,39,40)/t19?,22-/m0/s1. The second kappa shape index (κ2) is 11.7. The van der Waals surface area contributed by atoms with Gasteiger partial charge in [-0.1, -0.05) is 12.1 Å². The highest BCUT2D eigenvalue weighted by Gasteiger charge is 2.29. The number of pyridine rings is 2. The number of aromatic carboxylic acids is 1. The maximum atomic E-state index is 14.2. The smallest absolute Gasteiger partial charge is 0.354 e. The van der Waals surface area contributed by atoms with Crippen LogP contribution < -0.4 is 9.64 Å². The van der Waals surface area contributed by atoms with Crippen LogP contribution in [-0.2, 0) is 17.9 Å². The van der Waals surface area contributed by atoms with Crippen LogP contribution >= 0.6 is 0 Å². The Morgan fingerprint density at radius 2 is 1.98 bits per heavy atom. The molecule has 3 aromatic heterocycles. The summed E-state index contributed by atoms with van der Waals surface area (Å²) < 4.78 is 27.7. The van der Waals surface area contributed by atoms with Gasteiger partial charge in [-0.05, 0) is 43.7 Å². The SMILES string of the molecule is CC(c1nc2ccc(C(=O)O)nc2n1C[C@@H]1CCO1)N1CCN(c2cccc(OCc3ccc(C#N)cc3F)n2)CC1. The molecule has 0 saturated carbocycles. The van der Waals surface area contributed by atoms with Crippen LogP contribution in [0.5, 0.6) is 5.88 Å². The summed E-state index contributed by atoms with van der Waals surface area (Å²) in [6.45, 7) is 6.43. The van der Waals surface area contributed by atoms with E-state index >= 15 is 0 Å². The van der Waals surface area contributed by atoms with Crippen LogP contribution in [0, 0.1) is 17.1 Å². The highest BCUT2D eigenvalue weighted by atomic mass is 19.1. The van der Waals surface area contributed by atoms with E-state index in [1.807, 2.05) is 22.8 Å². The lowest BCUT2D eigenvalue weighted by atomic mass is 10.1. The summed E-state index contributed by atoms with van der Waals surface area (Å²) in [5.41, 5.74) is 1.84. The summed E-state index contributed by atoms with van der Waals surface area (Å²) in [6, 6.07) is 14.9. The number of piperazine rings is 1. The summed E-state index contributed by atoms with van der Waals surface area (Å²) in [4.78, 5) is 30.0. The van der Waals surface area contributed by atoms with Crippen molar-refractivity contribution in [3.8, 4) is 11.9 Å². The molecule has 2 saturated heterocycles. The van der Waals surface area contributed by atoms with E-state index in [-0.39, 0.29) is 30.0 Å². The Kier molecular flexibility index (Phi) is 7.69. The van der Waals surface area contributed by atoms with Crippen molar-refractivity contribution in [3.05, 3.63) is 77.0 Å². The first-order chi connectivity index (χ1) is 20.4. The van der Waals surface area contributed by atoms with E-state index in [4.69, 9.17) is 19.7 Å². The van der Waals surface area contributed by atoms with Crippen LogP contribution in [0.1, 0.15) is 46.8 Å². The number of halogens is 1. The van der Waals surface area contributed by atoms with E-state index in [2.05, 4.69) is 26.7 Å². The summed E-state index contributed by atoms with van der Waals surface area (Å²) in [5, 5.41) is 18.4. The lowest BCUT2D eigenvalue weighted by Gasteiger charge is -2.38. The quantitative estimate of drug-likeness (QED) is 0.317.